The van der Waals surface area contributed by atoms with Crippen LogP contribution in [0.5, 0.6) is 5.75 Å². The van der Waals surface area contributed by atoms with Crippen molar-refractivity contribution in [3.8, 4) is 28.1 Å². The van der Waals surface area contributed by atoms with Gasteiger partial charge in [0.15, 0.2) is 6.73 Å². The summed E-state index contributed by atoms with van der Waals surface area (Å²) in [6, 6.07) is 14.6. The molecular formula is C27H27N7O. The second-order valence-electron chi connectivity index (χ2n) is 8.27. The van der Waals surface area contributed by atoms with Gasteiger partial charge in [-0.15, -0.1) is 0 Å². The lowest BCUT2D eigenvalue weighted by Gasteiger charge is -2.13. The van der Waals surface area contributed by atoms with Gasteiger partial charge in [0, 0.05) is 43.8 Å². The smallest absolute Gasteiger partial charge is 0.179 e. The molecule has 0 spiro atoms. The number of aromatic nitrogens is 3. The minimum absolute atomic E-state index is 0.226. The first-order valence-corrected chi connectivity index (χ1v) is 11.4. The van der Waals surface area contributed by atoms with Crippen molar-refractivity contribution in [2.75, 3.05) is 24.4 Å². The summed E-state index contributed by atoms with van der Waals surface area (Å²) in [7, 11) is 3.98. The number of hydrogen-bond donors (Lipinski definition) is 2. The summed E-state index contributed by atoms with van der Waals surface area (Å²) in [6.07, 6.45) is 5.02. The van der Waals surface area contributed by atoms with Crippen LogP contribution in [-0.2, 0) is 13.6 Å². The fourth-order valence-corrected chi connectivity index (χ4v) is 4.43. The third-order valence-corrected chi connectivity index (χ3v) is 6.17. The van der Waals surface area contributed by atoms with Gasteiger partial charge < -0.3 is 19.9 Å². The lowest BCUT2D eigenvalue weighted by molar-refractivity contribution is 0.331. The molecule has 0 aliphatic carbocycles. The molecule has 1 aliphatic heterocycles. The molecule has 5 rings (SSSR count). The SMILES string of the molecule is C=N/C=C\C(C)=N/COc1ccc2c(c1)CNc1ncnc3c1c-2c(-c1ccc(NC)cc1)n3C. The Bertz CT molecular complexity index is 1470. The Morgan fingerprint density at radius 3 is 2.83 bits per heavy atom. The zero-order valence-corrected chi connectivity index (χ0v) is 20.0. The highest BCUT2D eigenvalue weighted by Gasteiger charge is 2.26. The number of ether oxygens (including phenoxy) is 1. The van der Waals surface area contributed by atoms with Crippen LogP contribution in [0.4, 0.5) is 11.5 Å². The Balaban J connectivity index is 1.59. The second kappa shape index (κ2) is 9.42. The molecule has 35 heavy (non-hydrogen) atoms. The van der Waals surface area contributed by atoms with Crippen molar-refractivity contribution in [1.82, 2.24) is 14.5 Å². The molecule has 0 saturated carbocycles. The number of allylic oxidation sites excluding steroid dienone is 1. The number of nitrogens with zero attached hydrogens (tertiary/aromatic N) is 5. The first kappa shape index (κ1) is 22.3. The average Bonchev–Trinajstić information content (AvgIpc) is 3.08. The molecule has 0 unspecified atom stereocenters. The molecule has 176 valence electrons. The summed E-state index contributed by atoms with van der Waals surface area (Å²) in [5, 5.41) is 7.71. The third kappa shape index (κ3) is 4.14. The van der Waals surface area contributed by atoms with Crippen LogP contribution in [0, 0.1) is 0 Å². The number of nitrogens with one attached hydrogen (secondary N) is 2. The summed E-state index contributed by atoms with van der Waals surface area (Å²) < 4.78 is 8.07. The second-order valence-corrected chi connectivity index (χ2v) is 8.27. The van der Waals surface area contributed by atoms with Crippen molar-refractivity contribution in [1.29, 1.82) is 0 Å². The zero-order chi connectivity index (χ0) is 24.4. The van der Waals surface area contributed by atoms with E-state index in [1.54, 1.807) is 18.6 Å². The van der Waals surface area contributed by atoms with E-state index in [4.69, 9.17) is 4.74 Å². The van der Waals surface area contributed by atoms with Gasteiger partial charge in [-0.05, 0) is 60.7 Å². The molecule has 8 heteroatoms. The van der Waals surface area contributed by atoms with E-state index >= 15 is 0 Å². The molecule has 1 aliphatic rings. The molecule has 0 amide bonds. The summed E-state index contributed by atoms with van der Waals surface area (Å²) in [6.45, 7) is 6.19. The minimum Gasteiger partial charge on any atom is -0.471 e. The van der Waals surface area contributed by atoms with E-state index in [0.717, 1.165) is 61.9 Å². The van der Waals surface area contributed by atoms with Crippen LogP contribution in [0.15, 0.2) is 71.1 Å². The van der Waals surface area contributed by atoms with Crippen LogP contribution in [0.2, 0.25) is 0 Å². The van der Waals surface area contributed by atoms with Crippen LogP contribution in [-0.4, -0.2) is 40.7 Å². The molecule has 2 aromatic carbocycles. The minimum atomic E-state index is 0.226. The molecule has 4 aromatic rings. The number of aryl methyl sites for hydroxylation is 1. The Morgan fingerprint density at radius 2 is 2.06 bits per heavy atom. The number of rotatable bonds is 7. The van der Waals surface area contributed by atoms with Crippen molar-refractivity contribution in [2.24, 2.45) is 17.0 Å². The standard InChI is InChI=1S/C27H27N7O/c1-17(11-12-28-2)33-16-35-21-9-10-22-19(13-21)14-30-26-24-23(22)25(34(4)27(24)32-15-31-26)18-5-7-20(29-3)8-6-18/h5-13,15,29H,2,14,16H2,1,3-4H3,(H,30,31,32)/b12-11-,33-17-. The summed E-state index contributed by atoms with van der Waals surface area (Å²) >= 11 is 0. The monoisotopic (exact) mass is 465 g/mol. The summed E-state index contributed by atoms with van der Waals surface area (Å²) in [5.74, 6) is 1.59. The van der Waals surface area contributed by atoms with Crippen molar-refractivity contribution in [3.05, 3.63) is 66.6 Å². The lowest BCUT2D eigenvalue weighted by atomic mass is 9.95. The number of hydrogen-bond acceptors (Lipinski definition) is 7. The number of benzene rings is 2. The van der Waals surface area contributed by atoms with Gasteiger partial charge in [0.25, 0.3) is 0 Å². The maximum absolute atomic E-state index is 5.92. The van der Waals surface area contributed by atoms with Crippen LogP contribution in [0.1, 0.15) is 12.5 Å². The van der Waals surface area contributed by atoms with Crippen molar-refractivity contribution in [3.63, 3.8) is 0 Å². The first-order valence-electron chi connectivity index (χ1n) is 11.4. The Kier molecular flexibility index (Phi) is 6.01. The van der Waals surface area contributed by atoms with E-state index in [9.17, 15) is 0 Å². The predicted octanol–water partition coefficient (Wildman–Crippen LogP) is 5.28. The Morgan fingerprint density at radius 1 is 1.23 bits per heavy atom. The molecule has 8 nitrogen and oxygen atoms in total. The van der Waals surface area contributed by atoms with Crippen LogP contribution in [0.3, 0.4) is 0 Å². The average molecular weight is 466 g/mol. The highest BCUT2D eigenvalue weighted by atomic mass is 16.5. The molecule has 0 radical (unpaired) electrons. The normalized spacial score (nSPS) is 12.8. The van der Waals surface area contributed by atoms with Gasteiger partial charge >= 0.3 is 0 Å². The van der Waals surface area contributed by atoms with Crippen molar-refractivity contribution < 1.29 is 4.74 Å². The fourth-order valence-electron chi connectivity index (χ4n) is 4.43. The fraction of sp³-hybridized carbons (Fsp3) is 0.185. The summed E-state index contributed by atoms with van der Waals surface area (Å²) in [5.41, 5.74) is 8.38. The first-order chi connectivity index (χ1) is 17.1. The lowest BCUT2D eigenvalue weighted by Crippen LogP contribution is -2.04. The molecule has 3 heterocycles. The zero-order valence-electron chi connectivity index (χ0n) is 20.0. The Hall–Kier alpha value is -4.46. The van der Waals surface area contributed by atoms with Crippen LogP contribution < -0.4 is 15.4 Å². The quantitative estimate of drug-likeness (QED) is 0.363. The molecule has 2 aromatic heterocycles. The van der Waals surface area contributed by atoms with Gasteiger partial charge in [0.1, 0.15) is 23.5 Å². The van der Waals surface area contributed by atoms with E-state index in [-0.39, 0.29) is 6.73 Å². The highest BCUT2D eigenvalue weighted by molar-refractivity contribution is 6.09. The van der Waals surface area contributed by atoms with Crippen molar-refractivity contribution >= 4 is 35.0 Å². The van der Waals surface area contributed by atoms with E-state index < -0.39 is 0 Å². The molecule has 0 atom stereocenters. The Labute approximate surface area is 204 Å². The van der Waals surface area contributed by atoms with E-state index in [1.165, 1.54) is 0 Å². The maximum Gasteiger partial charge on any atom is 0.179 e. The number of aliphatic imine (C=N–C) groups is 2. The van der Waals surface area contributed by atoms with Crippen LogP contribution >= 0.6 is 0 Å². The molecule has 2 N–H and O–H groups in total. The van der Waals surface area contributed by atoms with E-state index in [0.29, 0.717) is 6.54 Å². The van der Waals surface area contributed by atoms with Gasteiger partial charge in [0.05, 0.1) is 11.1 Å². The topological polar surface area (TPSA) is 88.7 Å². The maximum atomic E-state index is 5.92. The van der Waals surface area contributed by atoms with E-state index in [2.05, 4.69) is 85.3 Å². The highest BCUT2D eigenvalue weighted by Crippen LogP contribution is 2.45. The van der Waals surface area contributed by atoms with Gasteiger partial charge in [-0.25, -0.2) is 9.97 Å². The van der Waals surface area contributed by atoms with E-state index in [1.807, 2.05) is 20.0 Å². The van der Waals surface area contributed by atoms with Gasteiger partial charge in [0.2, 0.25) is 0 Å². The largest absolute Gasteiger partial charge is 0.471 e. The van der Waals surface area contributed by atoms with Crippen LogP contribution in [0.25, 0.3) is 33.4 Å². The van der Waals surface area contributed by atoms with Crippen molar-refractivity contribution in [2.45, 2.75) is 13.5 Å². The molecule has 0 bridgehead atoms. The molecule has 0 fully saturated rings. The number of anilines is 2. The third-order valence-electron chi connectivity index (χ3n) is 6.17. The molecule has 0 saturated heterocycles. The predicted molar refractivity (Wildman–Crippen MR) is 144 cm³/mol. The van der Waals surface area contributed by atoms with Gasteiger partial charge in [-0.1, -0.05) is 18.2 Å². The number of fused-ring (bicyclic) bond motifs is 2. The van der Waals surface area contributed by atoms with Gasteiger partial charge in [-0.3, -0.25) is 9.98 Å². The summed E-state index contributed by atoms with van der Waals surface area (Å²) in [4.78, 5) is 17.3. The van der Waals surface area contributed by atoms with Gasteiger partial charge in [-0.2, -0.15) is 0 Å². The molecular weight excluding hydrogens is 438 g/mol.